The quantitative estimate of drug-likeness (QED) is 0.743. The van der Waals surface area contributed by atoms with Crippen molar-refractivity contribution in [2.45, 2.75) is 12.5 Å². The van der Waals surface area contributed by atoms with E-state index in [1.165, 1.54) is 5.56 Å². The van der Waals surface area contributed by atoms with Crippen molar-refractivity contribution in [2.75, 3.05) is 20.8 Å². The Kier molecular flexibility index (Phi) is 4.43. The lowest BCUT2D eigenvalue weighted by Crippen LogP contribution is -2.18. The minimum Gasteiger partial charge on any atom is -0.385 e. The van der Waals surface area contributed by atoms with Gasteiger partial charge in [-0.1, -0.05) is 6.07 Å². The molecule has 0 aromatic carbocycles. The summed E-state index contributed by atoms with van der Waals surface area (Å²) in [6, 6.07) is 4.37. The minimum atomic E-state index is 0.341. The van der Waals surface area contributed by atoms with E-state index >= 15 is 0 Å². The van der Waals surface area contributed by atoms with Crippen molar-refractivity contribution in [3.63, 3.8) is 0 Å². The van der Waals surface area contributed by atoms with Gasteiger partial charge >= 0.3 is 0 Å². The summed E-state index contributed by atoms with van der Waals surface area (Å²) in [6.07, 6.45) is 4.64. The highest BCUT2D eigenvalue weighted by atomic mass is 16.5. The van der Waals surface area contributed by atoms with Crippen LogP contribution in [0.5, 0.6) is 0 Å². The van der Waals surface area contributed by atoms with E-state index in [9.17, 15) is 0 Å². The standard InChI is InChI=1S/C10H16N2O/c1-11-10(5-7-13-2)9-4-3-6-12-8-9/h3-4,6,8,10-11H,5,7H2,1-2H3. The molecule has 1 aromatic rings. The Balaban J connectivity index is 2.56. The van der Waals surface area contributed by atoms with Crippen molar-refractivity contribution in [3.8, 4) is 0 Å². The zero-order valence-corrected chi connectivity index (χ0v) is 8.16. The molecule has 0 saturated carbocycles. The maximum atomic E-state index is 5.04. The first-order chi connectivity index (χ1) is 6.38. The first kappa shape index (κ1) is 10.2. The molecule has 1 atom stereocenters. The molecule has 0 aliphatic heterocycles. The Bertz CT molecular complexity index is 226. The van der Waals surface area contributed by atoms with Crippen molar-refractivity contribution in [1.29, 1.82) is 0 Å². The number of nitrogens with one attached hydrogen (secondary N) is 1. The van der Waals surface area contributed by atoms with Crippen molar-refractivity contribution < 1.29 is 4.74 Å². The van der Waals surface area contributed by atoms with E-state index in [0.29, 0.717) is 6.04 Å². The molecule has 0 amide bonds. The molecular weight excluding hydrogens is 164 g/mol. The zero-order chi connectivity index (χ0) is 9.52. The van der Waals surface area contributed by atoms with E-state index in [2.05, 4.69) is 16.4 Å². The van der Waals surface area contributed by atoms with Gasteiger partial charge in [0.25, 0.3) is 0 Å². The molecule has 1 unspecified atom stereocenters. The first-order valence-electron chi connectivity index (χ1n) is 4.44. The van der Waals surface area contributed by atoms with Crippen LogP contribution in [-0.2, 0) is 4.74 Å². The van der Waals surface area contributed by atoms with E-state index in [-0.39, 0.29) is 0 Å². The second-order valence-electron chi connectivity index (χ2n) is 2.91. The predicted octanol–water partition coefficient (Wildman–Crippen LogP) is 1.38. The molecule has 1 aromatic heterocycles. The van der Waals surface area contributed by atoms with Gasteiger partial charge in [0.1, 0.15) is 0 Å². The van der Waals surface area contributed by atoms with Crippen LogP contribution in [0.2, 0.25) is 0 Å². The number of pyridine rings is 1. The highest BCUT2D eigenvalue weighted by Gasteiger charge is 2.07. The highest BCUT2D eigenvalue weighted by molar-refractivity contribution is 5.13. The van der Waals surface area contributed by atoms with Crippen molar-refractivity contribution in [2.24, 2.45) is 0 Å². The van der Waals surface area contributed by atoms with Crippen LogP contribution in [0.3, 0.4) is 0 Å². The molecule has 3 nitrogen and oxygen atoms in total. The zero-order valence-electron chi connectivity index (χ0n) is 8.16. The maximum absolute atomic E-state index is 5.04. The molecule has 13 heavy (non-hydrogen) atoms. The summed E-state index contributed by atoms with van der Waals surface area (Å²) in [5, 5.41) is 3.23. The number of hydrogen-bond donors (Lipinski definition) is 1. The van der Waals surface area contributed by atoms with Crippen molar-refractivity contribution in [3.05, 3.63) is 30.1 Å². The molecule has 0 radical (unpaired) electrons. The van der Waals surface area contributed by atoms with Gasteiger partial charge < -0.3 is 10.1 Å². The topological polar surface area (TPSA) is 34.1 Å². The van der Waals surface area contributed by atoms with Crippen LogP contribution in [-0.4, -0.2) is 25.7 Å². The monoisotopic (exact) mass is 180 g/mol. The minimum absolute atomic E-state index is 0.341. The van der Waals surface area contributed by atoms with Crippen LogP contribution >= 0.6 is 0 Å². The summed E-state index contributed by atoms with van der Waals surface area (Å²) < 4.78 is 5.04. The van der Waals surface area contributed by atoms with Gasteiger partial charge in [0.05, 0.1) is 0 Å². The number of nitrogens with zero attached hydrogens (tertiary/aromatic N) is 1. The maximum Gasteiger partial charge on any atom is 0.0480 e. The van der Waals surface area contributed by atoms with E-state index < -0.39 is 0 Å². The van der Waals surface area contributed by atoms with E-state index in [1.807, 2.05) is 19.3 Å². The van der Waals surface area contributed by atoms with Gasteiger partial charge in [-0.3, -0.25) is 4.98 Å². The number of ether oxygens (including phenoxy) is 1. The molecular formula is C10H16N2O. The summed E-state index contributed by atoms with van der Waals surface area (Å²) in [5.74, 6) is 0. The molecule has 0 aliphatic rings. The molecule has 3 heteroatoms. The molecule has 0 fully saturated rings. The van der Waals surface area contributed by atoms with Crippen LogP contribution in [0, 0.1) is 0 Å². The summed E-state index contributed by atoms with van der Waals surface area (Å²) in [5.41, 5.74) is 1.21. The lowest BCUT2D eigenvalue weighted by Gasteiger charge is -2.15. The normalized spacial score (nSPS) is 12.8. The van der Waals surface area contributed by atoms with E-state index in [0.717, 1.165) is 13.0 Å². The number of hydrogen-bond acceptors (Lipinski definition) is 3. The Morgan fingerprint density at radius 1 is 1.62 bits per heavy atom. The predicted molar refractivity (Wildman–Crippen MR) is 52.5 cm³/mol. The van der Waals surface area contributed by atoms with Crippen LogP contribution < -0.4 is 5.32 Å². The van der Waals surface area contributed by atoms with Gasteiger partial charge in [0, 0.05) is 32.2 Å². The number of rotatable bonds is 5. The van der Waals surface area contributed by atoms with Crippen LogP contribution in [0.25, 0.3) is 0 Å². The number of aromatic nitrogens is 1. The smallest absolute Gasteiger partial charge is 0.0480 e. The van der Waals surface area contributed by atoms with Gasteiger partial charge in [-0.25, -0.2) is 0 Å². The molecule has 72 valence electrons. The van der Waals surface area contributed by atoms with Crippen LogP contribution in [0.15, 0.2) is 24.5 Å². The third kappa shape index (κ3) is 3.13. The average Bonchev–Trinajstić information content (AvgIpc) is 2.21. The van der Waals surface area contributed by atoms with E-state index in [1.54, 1.807) is 13.3 Å². The fourth-order valence-corrected chi connectivity index (χ4v) is 1.30. The molecule has 0 bridgehead atoms. The third-order valence-corrected chi connectivity index (χ3v) is 2.05. The Hall–Kier alpha value is -0.930. The fourth-order valence-electron chi connectivity index (χ4n) is 1.30. The fraction of sp³-hybridized carbons (Fsp3) is 0.500. The van der Waals surface area contributed by atoms with Crippen molar-refractivity contribution >= 4 is 0 Å². The second kappa shape index (κ2) is 5.67. The third-order valence-electron chi connectivity index (χ3n) is 2.05. The Morgan fingerprint density at radius 3 is 3.00 bits per heavy atom. The first-order valence-corrected chi connectivity index (χ1v) is 4.44. The molecule has 0 saturated heterocycles. The summed E-state index contributed by atoms with van der Waals surface area (Å²) in [6.45, 7) is 0.764. The lowest BCUT2D eigenvalue weighted by molar-refractivity contribution is 0.184. The molecule has 0 aliphatic carbocycles. The summed E-state index contributed by atoms with van der Waals surface area (Å²) in [4.78, 5) is 4.08. The van der Waals surface area contributed by atoms with Crippen LogP contribution in [0.4, 0.5) is 0 Å². The molecule has 0 spiro atoms. The number of methoxy groups -OCH3 is 1. The molecule has 1 rings (SSSR count). The summed E-state index contributed by atoms with van der Waals surface area (Å²) >= 11 is 0. The lowest BCUT2D eigenvalue weighted by atomic mass is 10.1. The van der Waals surface area contributed by atoms with Gasteiger partial charge in [-0.2, -0.15) is 0 Å². The SMILES string of the molecule is CNC(CCOC)c1cccnc1. The second-order valence-corrected chi connectivity index (χ2v) is 2.91. The highest BCUT2D eigenvalue weighted by Crippen LogP contribution is 2.14. The van der Waals surface area contributed by atoms with Gasteiger partial charge in [-0.05, 0) is 25.1 Å². The van der Waals surface area contributed by atoms with Gasteiger partial charge in [0.15, 0.2) is 0 Å². The van der Waals surface area contributed by atoms with Gasteiger partial charge in [0.2, 0.25) is 0 Å². The molecule has 1 heterocycles. The van der Waals surface area contributed by atoms with E-state index in [4.69, 9.17) is 4.74 Å². The Labute approximate surface area is 79.1 Å². The summed E-state index contributed by atoms with van der Waals surface area (Å²) in [7, 11) is 3.67. The average molecular weight is 180 g/mol. The van der Waals surface area contributed by atoms with Crippen molar-refractivity contribution in [1.82, 2.24) is 10.3 Å². The van der Waals surface area contributed by atoms with Gasteiger partial charge in [-0.15, -0.1) is 0 Å². The largest absolute Gasteiger partial charge is 0.385 e. The van der Waals surface area contributed by atoms with Crippen LogP contribution in [0.1, 0.15) is 18.0 Å². The Morgan fingerprint density at radius 2 is 2.46 bits per heavy atom. The molecule has 1 N–H and O–H groups in total.